The Hall–Kier alpha value is -2.01. The van der Waals surface area contributed by atoms with Crippen LogP contribution in [-0.4, -0.2) is 40.6 Å². The summed E-state index contributed by atoms with van der Waals surface area (Å²) in [5, 5.41) is 0.641. The van der Waals surface area contributed by atoms with E-state index in [1.54, 1.807) is 6.20 Å². The Kier molecular flexibility index (Phi) is 7.37. The molecule has 0 atom stereocenters. The maximum atomic E-state index is 6.19. The van der Waals surface area contributed by atoms with Crippen molar-refractivity contribution in [1.82, 2.24) is 9.55 Å². The van der Waals surface area contributed by atoms with Gasteiger partial charge in [-0.1, -0.05) is 23.7 Å². The molecule has 2 aromatic carbocycles. The number of alkyl halides is 2. The molecular weight excluding hydrogens is 415 g/mol. The van der Waals surface area contributed by atoms with Crippen LogP contribution in [0.4, 0.5) is 11.4 Å². The lowest BCUT2D eigenvalue weighted by Gasteiger charge is -2.22. The van der Waals surface area contributed by atoms with Gasteiger partial charge in [-0.2, -0.15) is 0 Å². The summed E-state index contributed by atoms with van der Waals surface area (Å²) in [5.74, 6) is 2.01. The van der Waals surface area contributed by atoms with Gasteiger partial charge in [0.05, 0.1) is 11.4 Å². The standard InChI is InChI=1S/C21H21Cl3N4/c1-16-25-10-13-28(16)21-7-4-18(24)14-20(21)26-15-17-2-5-19(6-3-17)27(11-8-22)12-9-23/h2-7,10,13-15H,8-9,11-12H2,1H3. The monoisotopic (exact) mass is 434 g/mol. The van der Waals surface area contributed by atoms with E-state index in [9.17, 15) is 0 Å². The van der Waals surface area contributed by atoms with Crippen molar-refractivity contribution < 1.29 is 0 Å². The molecule has 0 fully saturated rings. The van der Waals surface area contributed by atoms with Gasteiger partial charge in [-0.25, -0.2) is 4.98 Å². The van der Waals surface area contributed by atoms with Gasteiger partial charge in [0.25, 0.3) is 0 Å². The van der Waals surface area contributed by atoms with Crippen molar-refractivity contribution in [2.75, 3.05) is 29.7 Å². The van der Waals surface area contributed by atoms with Gasteiger partial charge in [-0.05, 0) is 42.8 Å². The van der Waals surface area contributed by atoms with Gasteiger partial charge >= 0.3 is 0 Å². The highest BCUT2D eigenvalue weighted by atomic mass is 35.5. The van der Waals surface area contributed by atoms with Gasteiger partial charge in [0, 0.05) is 54.2 Å². The summed E-state index contributed by atoms with van der Waals surface area (Å²) in [4.78, 5) is 11.1. The fraction of sp³-hybridized carbons (Fsp3) is 0.238. The molecule has 1 heterocycles. The molecule has 1 aromatic heterocycles. The van der Waals surface area contributed by atoms with Crippen molar-refractivity contribution in [2.24, 2.45) is 4.99 Å². The molecule has 0 spiro atoms. The molecular formula is C21H21Cl3N4. The van der Waals surface area contributed by atoms with E-state index in [2.05, 4.69) is 27.0 Å². The van der Waals surface area contributed by atoms with E-state index in [-0.39, 0.29) is 0 Å². The predicted molar refractivity (Wildman–Crippen MR) is 121 cm³/mol. The molecule has 3 aromatic rings. The van der Waals surface area contributed by atoms with Gasteiger partial charge in [-0.15, -0.1) is 23.2 Å². The van der Waals surface area contributed by atoms with Crippen molar-refractivity contribution in [3.8, 4) is 5.69 Å². The molecule has 0 saturated heterocycles. The molecule has 0 unspecified atom stereocenters. The highest BCUT2D eigenvalue weighted by Crippen LogP contribution is 2.28. The minimum absolute atomic E-state index is 0.561. The number of hydrogen-bond acceptors (Lipinski definition) is 3. The van der Waals surface area contributed by atoms with E-state index >= 15 is 0 Å². The van der Waals surface area contributed by atoms with E-state index < -0.39 is 0 Å². The Balaban J connectivity index is 1.84. The summed E-state index contributed by atoms with van der Waals surface area (Å²) in [5.41, 5.74) is 3.80. The lowest BCUT2D eigenvalue weighted by Crippen LogP contribution is -2.27. The molecule has 4 nitrogen and oxygen atoms in total. The van der Waals surface area contributed by atoms with Crippen LogP contribution in [0.3, 0.4) is 0 Å². The Labute approximate surface area is 180 Å². The number of aromatic nitrogens is 2. The van der Waals surface area contributed by atoms with Crippen LogP contribution < -0.4 is 4.90 Å². The van der Waals surface area contributed by atoms with Crippen LogP contribution in [0.15, 0.2) is 59.9 Å². The van der Waals surface area contributed by atoms with E-state index in [1.165, 1.54) is 0 Å². The molecule has 28 heavy (non-hydrogen) atoms. The number of halogens is 3. The Morgan fingerprint density at radius 3 is 2.39 bits per heavy atom. The lowest BCUT2D eigenvalue weighted by atomic mass is 10.2. The van der Waals surface area contributed by atoms with Gasteiger partial charge in [0.1, 0.15) is 5.82 Å². The summed E-state index contributed by atoms with van der Waals surface area (Å²) in [6, 6.07) is 13.8. The third-order valence-electron chi connectivity index (χ3n) is 4.34. The highest BCUT2D eigenvalue weighted by Gasteiger charge is 2.08. The maximum Gasteiger partial charge on any atom is 0.110 e. The van der Waals surface area contributed by atoms with Crippen LogP contribution in [0.1, 0.15) is 11.4 Å². The second kappa shape index (κ2) is 9.97. The number of aryl methyl sites for hydroxylation is 1. The summed E-state index contributed by atoms with van der Waals surface area (Å²) < 4.78 is 1.99. The average molecular weight is 436 g/mol. The lowest BCUT2D eigenvalue weighted by molar-refractivity contribution is 0.874. The Morgan fingerprint density at radius 1 is 1.07 bits per heavy atom. The average Bonchev–Trinajstić information content (AvgIpc) is 3.12. The van der Waals surface area contributed by atoms with E-state index in [4.69, 9.17) is 34.8 Å². The quantitative estimate of drug-likeness (QED) is 0.327. The van der Waals surface area contributed by atoms with E-state index in [0.717, 1.165) is 41.5 Å². The maximum absolute atomic E-state index is 6.19. The van der Waals surface area contributed by atoms with Crippen LogP contribution >= 0.6 is 34.8 Å². The van der Waals surface area contributed by atoms with Crippen LogP contribution in [0, 0.1) is 6.92 Å². The van der Waals surface area contributed by atoms with Crippen molar-refractivity contribution in [3.05, 3.63) is 71.3 Å². The first-order valence-corrected chi connectivity index (χ1v) is 10.4. The number of imidazole rings is 1. The number of aliphatic imine (C=N–C) groups is 1. The molecule has 0 amide bonds. The van der Waals surface area contributed by atoms with E-state index in [1.807, 2.05) is 54.2 Å². The zero-order valence-corrected chi connectivity index (χ0v) is 17.8. The summed E-state index contributed by atoms with van der Waals surface area (Å²) in [7, 11) is 0. The topological polar surface area (TPSA) is 33.4 Å². The normalized spacial score (nSPS) is 11.3. The van der Waals surface area contributed by atoms with Crippen molar-refractivity contribution in [3.63, 3.8) is 0 Å². The van der Waals surface area contributed by atoms with E-state index in [0.29, 0.717) is 16.8 Å². The minimum Gasteiger partial charge on any atom is -0.369 e. The largest absolute Gasteiger partial charge is 0.369 e. The first-order chi connectivity index (χ1) is 13.6. The molecule has 0 aliphatic carbocycles. The van der Waals surface area contributed by atoms with Crippen molar-refractivity contribution in [1.29, 1.82) is 0 Å². The Morgan fingerprint density at radius 2 is 1.79 bits per heavy atom. The fourth-order valence-electron chi connectivity index (χ4n) is 2.93. The van der Waals surface area contributed by atoms with Gasteiger partial charge in [0.15, 0.2) is 0 Å². The number of nitrogens with zero attached hydrogens (tertiary/aromatic N) is 4. The van der Waals surface area contributed by atoms with Crippen LogP contribution in [0.2, 0.25) is 5.02 Å². The second-order valence-electron chi connectivity index (χ2n) is 6.19. The number of benzene rings is 2. The molecule has 0 aliphatic heterocycles. The van der Waals surface area contributed by atoms with Crippen LogP contribution in [0.5, 0.6) is 0 Å². The fourth-order valence-corrected chi connectivity index (χ4v) is 3.50. The smallest absolute Gasteiger partial charge is 0.110 e. The minimum atomic E-state index is 0.561. The molecule has 0 aliphatic rings. The van der Waals surface area contributed by atoms with Crippen LogP contribution in [-0.2, 0) is 0 Å². The highest BCUT2D eigenvalue weighted by molar-refractivity contribution is 6.31. The molecule has 0 N–H and O–H groups in total. The SMILES string of the molecule is Cc1nccn1-c1ccc(Cl)cc1N=Cc1ccc(N(CCCl)CCCl)cc1. The predicted octanol–water partition coefficient (Wildman–Crippen LogP) is 5.87. The van der Waals surface area contributed by atoms with Crippen molar-refractivity contribution in [2.45, 2.75) is 6.92 Å². The molecule has 146 valence electrons. The molecule has 7 heteroatoms. The summed E-state index contributed by atoms with van der Waals surface area (Å²) >= 11 is 18.0. The van der Waals surface area contributed by atoms with Crippen molar-refractivity contribution >= 4 is 52.4 Å². The third kappa shape index (κ3) is 5.07. The summed E-state index contributed by atoms with van der Waals surface area (Å²) in [6.45, 7) is 3.48. The zero-order chi connectivity index (χ0) is 19.9. The zero-order valence-electron chi connectivity index (χ0n) is 15.5. The third-order valence-corrected chi connectivity index (χ3v) is 4.92. The number of hydrogen-bond donors (Lipinski definition) is 0. The van der Waals surface area contributed by atoms with Gasteiger partial charge < -0.3 is 9.47 Å². The van der Waals surface area contributed by atoms with Crippen LogP contribution in [0.25, 0.3) is 5.69 Å². The molecule has 0 radical (unpaired) electrons. The second-order valence-corrected chi connectivity index (χ2v) is 7.38. The first-order valence-electron chi connectivity index (χ1n) is 8.93. The first kappa shape index (κ1) is 20.7. The van der Waals surface area contributed by atoms with Gasteiger partial charge in [0.2, 0.25) is 0 Å². The molecule has 0 saturated carbocycles. The number of rotatable bonds is 8. The molecule has 0 bridgehead atoms. The Bertz CT molecular complexity index is 929. The number of anilines is 1. The summed E-state index contributed by atoms with van der Waals surface area (Å²) in [6.07, 6.45) is 5.51. The molecule has 3 rings (SSSR count). The van der Waals surface area contributed by atoms with Gasteiger partial charge in [-0.3, -0.25) is 4.99 Å².